The molecule has 0 aromatic rings. The molecule has 0 saturated carbocycles. The summed E-state index contributed by atoms with van der Waals surface area (Å²) in [6, 6.07) is -5.03. The Bertz CT molecular complexity index is 733. The van der Waals surface area contributed by atoms with E-state index in [2.05, 4.69) is 16.0 Å². The third-order valence-electron chi connectivity index (χ3n) is 4.56. The number of rotatable bonds is 16. The normalized spacial score (nSPS) is 14.5. The van der Waals surface area contributed by atoms with Gasteiger partial charge >= 0.3 is 11.9 Å². The van der Waals surface area contributed by atoms with E-state index in [9.17, 15) is 33.9 Å². The number of nitrogens with one attached hydrogen (secondary N) is 3. The van der Waals surface area contributed by atoms with E-state index in [1.165, 1.54) is 11.8 Å². The Labute approximate surface area is 195 Å². The van der Waals surface area contributed by atoms with Crippen molar-refractivity contribution in [3.63, 3.8) is 0 Å². The van der Waals surface area contributed by atoms with E-state index in [1.54, 1.807) is 20.1 Å². The van der Waals surface area contributed by atoms with Gasteiger partial charge in [0.15, 0.2) is 0 Å². The first kappa shape index (κ1) is 30.1. The SMILES string of the molecule is CSCCC(NC(=O)C(CC(N)=O)NC(=O)C(N)C(C)C)C(=O)NC(CCC(=O)O)C(=O)O. The van der Waals surface area contributed by atoms with Gasteiger partial charge in [-0.05, 0) is 30.8 Å². The summed E-state index contributed by atoms with van der Waals surface area (Å²) in [7, 11) is 0. The smallest absolute Gasteiger partial charge is 0.326 e. The lowest BCUT2D eigenvalue weighted by atomic mass is 10.0. The Balaban J connectivity index is 5.49. The van der Waals surface area contributed by atoms with E-state index in [0.717, 1.165) is 0 Å². The summed E-state index contributed by atoms with van der Waals surface area (Å²) >= 11 is 1.36. The lowest BCUT2D eigenvalue weighted by Crippen LogP contribution is -2.58. The Hall–Kier alpha value is -2.87. The van der Waals surface area contributed by atoms with Crippen LogP contribution in [-0.2, 0) is 28.8 Å². The van der Waals surface area contributed by atoms with Gasteiger partial charge in [-0.1, -0.05) is 13.8 Å². The largest absolute Gasteiger partial charge is 0.481 e. The van der Waals surface area contributed by atoms with Crippen LogP contribution in [0.1, 0.15) is 39.5 Å². The van der Waals surface area contributed by atoms with Crippen LogP contribution in [0.3, 0.4) is 0 Å². The number of nitrogens with two attached hydrogens (primary N) is 2. The molecule has 4 atom stereocenters. The highest BCUT2D eigenvalue weighted by atomic mass is 32.2. The molecule has 9 N–H and O–H groups in total. The lowest BCUT2D eigenvalue weighted by molar-refractivity contribution is -0.143. The standard InChI is InChI=1S/C19H33N5O8S/c1-9(2)15(21)18(30)24-12(8-13(20)25)17(29)22-10(6-7-33-3)16(28)23-11(19(31)32)4-5-14(26)27/h9-12,15H,4-8,21H2,1-3H3,(H2,20,25)(H,22,29)(H,23,28)(H,24,30)(H,26,27)(H,31,32). The zero-order valence-electron chi connectivity index (χ0n) is 18.8. The lowest BCUT2D eigenvalue weighted by Gasteiger charge is -2.25. The molecule has 0 aliphatic carbocycles. The number of carboxylic acid groups (broad SMARTS) is 2. The van der Waals surface area contributed by atoms with Crippen LogP contribution in [0.4, 0.5) is 0 Å². The summed E-state index contributed by atoms with van der Waals surface area (Å²) < 4.78 is 0. The molecule has 0 aromatic heterocycles. The second-order valence-corrected chi connectivity index (χ2v) is 8.66. The first-order valence-electron chi connectivity index (χ1n) is 10.2. The highest BCUT2D eigenvalue weighted by Crippen LogP contribution is 2.06. The molecule has 0 bridgehead atoms. The molecule has 4 amide bonds. The molecular formula is C19H33N5O8S. The van der Waals surface area contributed by atoms with E-state index < -0.39 is 72.6 Å². The second kappa shape index (κ2) is 15.1. The molecule has 0 aromatic carbocycles. The van der Waals surface area contributed by atoms with E-state index in [-0.39, 0.29) is 18.8 Å². The number of primary amides is 1. The van der Waals surface area contributed by atoms with Gasteiger partial charge in [0.1, 0.15) is 18.1 Å². The third-order valence-corrected chi connectivity index (χ3v) is 5.21. The molecule has 0 saturated heterocycles. The molecule has 0 rings (SSSR count). The topological polar surface area (TPSA) is 231 Å². The van der Waals surface area contributed by atoms with Crippen molar-refractivity contribution < 1.29 is 39.0 Å². The van der Waals surface area contributed by atoms with Crippen molar-refractivity contribution in [1.29, 1.82) is 0 Å². The first-order chi connectivity index (χ1) is 15.3. The molecular weight excluding hydrogens is 458 g/mol. The van der Waals surface area contributed by atoms with Crippen LogP contribution in [0.5, 0.6) is 0 Å². The van der Waals surface area contributed by atoms with E-state index in [4.69, 9.17) is 16.6 Å². The fraction of sp³-hybridized carbons (Fsp3) is 0.684. The highest BCUT2D eigenvalue weighted by Gasteiger charge is 2.31. The monoisotopic (exact) mass is 491 g/mol. The molecule has 0 radical (unpaired) electrons. The minimum absolute atomic E-state index is 0.104. The van der Waals surface area contributed by atoms with Gasteiger partial charge in [-0.15, -0.1) is 0 Å². The molecule has 14 heteroatoms. The predicted octanol–water partition coefficient (Wildman–Crippen LogP) is -2.00. The summed E-state index contributed by atoms with van der Waals surface area (Å²) in [5.74, 6) is -5.78. The predicted molar refractivity (Wildman–Crippen MR) is 120 cm³/mol. The van der Waals surface area contributed by atoms with Crippen LogP contribution < -0.4 is 27.4 Å². The van der Waals surface area contributed by atoms with Gasteiger partial charge in [-0.2, -0.15) is 11.8 Å². The van der Waals surface area contributed by atoms with Crippen LogP contribution >= 0.6 is 11.8 Å². The van der Waals surface area contributed by atoms with Gasteiger partial charge in [-0.3, -0.25) is 24.0 Å². The first-order valence-corrected chi connectivity index (χ1v) is 11.6. The van der Waals surface area contributed by atoms with Crippen molar-refractivity contribution >= 4 is 47.3 Å². The number of aliphatic carboxylic acids is 2. The second-order valence-electron chi connectivity index (χ2n) is 7.68. The van der Waals surface area contributed by atoms with Crippen molar-refractivity contribution in [2.75, 3.05) is 12.0 Å². The maximum Gasteiger partial charge on any atom is 0.326 e. The van der Waals surface area contributed by atoms with E-state index >= 15 is 0 Å². The molecule has 33 heavy (non-hydrogen) atoms. The molecule has 13 nitrogen and oxygen atoms in total. The summed E-state index contributed by atoms with van der Waals surface area (Å²) in [5.41, 5.74) is 10.9. The number of carbonyl (C=O) groups excluding carboxylic acids is 4. The number of amides is 4. The average Bonchev–Trinajstić information content (AvgIpc) is 2.71. The van der Waals surface area contributed by atoms with Crippen LogP contribution in [0.15, 0.2) is 0 Å². The number of thioether (sulfide) groups is 1. The van der Waals surface area contributed by atoms with E-state index in [1.807, 2.05) is 0 Å². The van der Waals surface area contributed by atoms with Gasteiger partial charge in [0, 0.05) is 6.42 Å². The Morgan fingerprint density at radius 1 is 0.848 bits per heavy atom. The number of hydrogen-bond donors (Lipinski definition) is 7. The summed E-state index contributed by atoms with van der Waals surface area (Å²) in [6.45, 7) is 3.39. The number of carbonyl (C=O) groups is 6. The molecule has 0 spiro atoms. The zero-order valence-corrected chi connectivity index (χ0v) is 19.6. The maximum atomic E-state index is 12.8. The average molecular weight is 492 g/mol. The molecule has 0 aliphatic rings. The van der Waals surface area contributed by atoms with Crippen molar-refractivity contribution in [2.24, 2.45) is 17.4 Å². The van der Waals surface area contributed by atoms with Gasteiger partial charge in [0.2, 0.25) is 23.6 Å². The minimum Gasteiger partial charge on any atom is -0.481 e. The van der Waals surface area contributed by atoms with Crippen LogP contribution in [0.25, 0.3) is 0 Å². The van der Waals surface area contributed by atoms with Gasteiger partial charge in [0.25, 0.3) is 0 Å². The van der Waals surface area contributed by atoms with Crippen LogP contribution in [0.2, 0.25) is 0 Å². The number of carboxylic acids is 2. The molecule has 188 valence electrons. The van der Waals surface area contributed by atoms with E-state index in [0.29, 0.717) is 5.75 Å². The fourth-order valence-electron chi connectivity index (χ4n) is 2.56. The molecule has 0 heterocycles. The molecule has 0 aliphatic heterocycles. The summed E-state index contributed by atoms with van der Waals surface area (Å²) in [4.78, 5) is 71.2. The number of hydrogen-bond acceptors (Lipinski definition) is 8. The van der Waals surface area contributed by atoms with Crippen LogP contribution in [-0.4, -0.2) is 82.0 Å². The summed E-state index contributed by atoms with van der Waals surface area (Å²) in [6.07, 6.45) is 0.477. The maximum absolute atomic E-state index is 12.8. The van der Waals surface area contributed by atoms with Crippen LogP contribution in [0, 0.1) is 5.92 Å². The van der Waals surface area contributed by atoms with Gasteiger partial charge in [-0.25, -0.2) is 4.79 Å². The van der Waals surface area contributed by atoms with Gasteiger partial charge < -0.3 is 37.6 Å². The van der Waals surface area contributed by atoms with Crippen molar-refractivity contribution in [3.05, 3.63) is 0 Å². The van der Waals surface area contributed by atoms with Gasteiger partial charge in [0.05, 0.1) is 12.5 Å². The third kappa shape index (κ3) is 12.1. The Morgan fingerprint density at radius 3 is 1.82 bits per heavy atom. The Morgan fingerprint density at radius 2 is 1.36 bits per heavy atom. The van der Waals surface area contributed by atoms with Crippen molar-refractivity contribution in [1.82, 2.24) is 16.0 Å². The molecule has 4 unspecified atom stereocenters. The zero-order chi connectivity index (χ0) is 25.7. The van der Waals surface area contributed by atoms with Crippen molar-refractivity contribution in [2.45, 2.75) is 63.7 Å². The quantitative estimate of drug-likeness (QED) is 0.125. The minimum atomic E-state index is -1.48. The Kier molecular flexibility index (Phi) is 13.7. The van der Waals surface area contributed by atoms with Crippen molar-refractivity contribution in [3.8, 4) is 0 Å². The summed E-state index contributed by atoms with van der Waals surface area (Å²) in [5, 5.41) is 25.0. The fourth-order valence-corrected chi connectivity index (χ4v) is 3.03. The highest BCUT2D eigenvalue weighted by molar-refractivity contribution is 7.98. The molecule has 0 fully saturated rings.